The number of halogens is 3. The monoisotopic (exact) mass is 342 g/mol. The van der Waals surface area contributed by atoms with Gasteiger partial charge in [-0.1, -0.05) is 24.3 Å². The van der Waals surface area contributed by atoms with Crippen LogP contribution in [-0.4, -0.2) is 12.1 Å². The number of nitriles is 1. The van der Waals surface area contributed by atoms with Crippen molar-refractivity contribution in [3.63, 3.8) is 0 Å². The van der Waals surface area contributed by atoms with Gasteiger partial charge in [0.25, 0.3) is 0 Å². The maximum Gasteiger partial charge on any atom is 0.472 e. The van der Waals surface area contributed by atoms with Crippen LogP contribution in [0.15, 0.2) is 48.5 Å². The van der Waals surface area contributed by atoms with Crippen molar-refractivity contribution in [2.75, 3.05) is 4.90 Å². The molecule has 0 fully saturated rings. The number of benzene rings is 2. The van der Waals surface area contributed by atoms with Gasteiger partial charge in [0.2, 0.25) is 0 Å². The Balaban J connectivity index is 2.17. The first-order chi connectivity index (χ1) is 11.9. The summed E-state index contributed by atoms with van der Waals surface area (Å²) in [5, 5.41) is 8.86. The molecular weight excluding hydrogens is 329 g/mol. The van der Waals surface area contributed by atoms with E-state index in [1.807, 2.05) is 24.3 Å². The van der Waals surface area contributed by atoms with Crippen LogP contribution in [0.1, 0.15) is 23.1 Å². The van der Waals surface area contributed by atoms with Gasteiger partial charge in [0.15, 0.2) is 0 Å². The van der Waals surface area contributed by atoms with E-state index < -0.39 is 12.1 Å². The Bertz CT molecular complexity index is 877. The van der Waals surface area contributed by atoms with Crippen LogP contribution in [0.4, 0.5) is 24.5 Å². The summed E-state index contributed by atoms with van der Waals surface area (Å²) in [7, 11) is 0. The number of rotatable bonds is 2. The molecule has 2 aromatic rings. The molecule has 1 amide bonds. The van der Waals surface area contributed by atoms with Gasteiger partial charge in [-0.2, -0.15) is 18.4 Å². The summed E-state index contributed by atoms with van der Waals surface area (Å²) >= 11 is 0. The maximum absolute atomic E-state index is 13.2. The predicted molar refractivity (Wildman–Crippen MR) is 88.2 cm³/mol. The normalized spacial score (nSPS) is 13.0. The van der Waals surface area contributed by atoms with Crippen LogP contribution in [0, 0.1) is 11.3 Å². The fourth-order valence-electron chi connectivity index (χ4n) is 2.85. The lowest BCUT2D eigenvalue weighted by molar-refractivity contribution is -0.169. The van der Waals surface area contributed by atoms with Crippen molar-refractivity contribution in [1.29, 1.82) is 5.26 Å². The summed E-state index contributed by atoms with van der Waals surface area (Å²) in [6.45, 7) is 0. The molecule has 6 heteroatoms. The zero-order valence-corrected chi connectivity index (χ0v) is 13.0. The first-order valence-corrected chi connectivity index (χ1v) is 7.61. The maximum atomic E-state index is 13.2. The van der Waals surface area contributed by atoms with Gasteiger partial charge in [-0.3, -0.25) is 9.69 Å². The second-order valence-electron chi connectivity index (χ2n) is 5.58. The Morgan fingerprint density at radius 3 is 2.48 bits per heavy atom. The molecular formula is C19H13F3N2O. The summed E-state index contributed by atoms with van der Waals surface area (Å²) in [4.78, 5) is 12.8. The first kappa shape index (κ1) is 16.8. The third-order valence-electron chi connectivity index (χ3n) is 3.99. The van der Waals surface area contributed by atoms with Crippen molar-refractivity contribution >= 4 is 23.4 Å². The van der Waals surface area contributed by atoms with Gasteiger partial charge >= 0.3 is 12.1 Å². The van der Waals surface area contributed by atoms with Gasteiger partial charge < -0.3 is 0 Å². The van der Waals surface area contributed by atoms with Crippen molar-refractivity contribution in [2.24, 2.45) is 0 Å². The molecule has 0 spiro atoms. The number of amides is 1. The second kappa shape index (κ2) is 6.44. The van der Waals surface area contributed by atoms with E-state index in [4.69, 9.17) is 5.26 Å². The van der Waals surface area contributed by atoms with Crippen molar-refractivity contribution in [2.45, 2.75) is 19.0 Å². The Morgan fingerprint density at radius 1 is 1.12 bits per heavy atom. The van der Waals surface area contributed by atoms with Gasteiger partial charge in [-0.05, 0) is 54.3 Å². The predicted octanol–water partition coefficient (Wildman–Crippen LogP) is 4.74. The smallest absolute Gasteiger partial charge is 0.273 e. The lowest BCUT2D eigenvalue weighted by Gasteiger charge is -2.28. The van der Waals surface area contributed by atoms with Gasteiger partial charge in [-0.15, -0.1) is 0 Å². The van der Waals surface area contributed by atoms with Crippen LogP contribution in [0.25, 0.3) is 6.08 Å². The van der Waals surface area contributed by atoms with Gasteiger partial charge in [0, 0.05) is 5.69 Å². The van der Waals surface area contributed by atoms with Gasteiger partial charge in [-0.25, -0.2) is 0 Å². The number of hydrogen-bond donors (Lipinski definition) is 0. The minimum Gasteiger partial charge on any atom is -0.273 e. The number of carbonyl (C=O) groups excluding carboxylic acids is 1. The molecule has 3 nitrogen and oxygen atoms in total. The number of hydrogen-bond acceptors (Lipinski definition) is 2. The highest BCUT2D eigenvalue weighted by Gasteiger charge is 2.44. The average molecular weight is 342 g/mol. The van der Waals surface area contributed by atoms with E-state index in [0.29, 0.717) is 28.9 Å². The van der Waals surface area contributed by atoms with Crippen LogP contribution in [0.3, 0.4) is 0 Å². The highest BCUT2D eigenvalue weighted by Crippen LogP contribution is 2.36. The number of nitrogens with zero attached hydrogens (tertiary/aromatic N) is 2. The summed E-state index contributed by atoms with van der Waals surface area (Å²) in [5.74, 6) is -1.96. The van der Waals surface area contributed by atoms with Crippen molar-refractivity contribution < 1.29 is 18.0 Å². The first-order valence-electron chi connectivity index (χ1n) is 7.61. The fraction of sp³-hybridized carbons (Fsp3) is 0.158. The molecule has 3 rings (SSSR count). The number of alkyl halides is 3. The van der Waals surface area contributed by atoms with Crippen molar-refractivity contribution in [1.82, 2.24) is 0 Å². The number of anilines is 2. The molecule has 25 heavy (non-hydrogen) atoms. The number of carbonyl (C=O) groups is 1. The summed E-state index contributed by atoms with van der Waals surface area (Å²) in [5.41, 5.74) is 2.10. The molecule has 0 atom stereocenters. The van der Waals surface area contributed by atoms with Crippen molar-refractivity contribution in [3.05, 3.63) is 65.2 Å². The van der Waals surface area contributed by atoms with E-state index in [2.05, 4.69) is 0 Å². The zero-order valence-electron chi connectivity index (χ0n) is 13.0. The molecule has 0 saturated heterocycles. The largest absolute Gasteiger partial charge is 0.472 e. The van der Waals surface area contributed by atoms with E-state index in [-0.39, 0.29) is 11.4 Å². The molecule has 0 unspecified atom stereocenters. The van der Waals surface area contributed by atoms with Crippen LogP contribution >= 0.6 is 0 Å². The van der Waals surface area contributed by atoms with E-state index in [9.17, 15) is 18.0 Å². The van der Waals surface area contributed by atoms with Crippen LogP contribution in [0.5, 0.6) is 0 Å². The fourth-order valence-corrected chi connectivity index (χ4v) is 2.85. The van der Waals surface area contributed by atoms with E-state index >= 15 is 0 Å². The highest BCUT2D eigenvalue weighted by atomic mass is 19.4. The third kappa shape index (κ3) is 3.26. The SMILES string of the molecule is N#Cc1ccc(N(C(=O)C(F)(F)F)c2cccc3c2CCC=C3)cc1. The zero-order chi connectivity index (χ0) is 18.0. The standard InChI is InChI=1S/C19H13F3N2O/c20-19(21,22)18(25)24(15-10-8-13(12-23)9-11-15)17-7-3-5-14-4-1-2-6-16(14)17/h1,3-5,7-11H,2,6H2. The third-order valence-corrected chi connectivity index (χ3v) is 3.99. The second-order valence-corrected chi connectivity index (χ2v) is 5.58. The van der Waals surface area contributed by atoms with Gasteiger partial charge in [0.1, 0.15) is 0 Å². The summed E-state index contributed by atoms with van der Waals surface area (Å²) in [6.07, 6.45) is 0.0353. The minimum absolute atomic E-state index is 0.0734. The van der Waals surface area contributed by atoms with Crippen LogP contribution in [0.2, 0.25) is 0 Å². The summed E-state index contributed by atoms with van der Waals surface area (Å²) < 4.78 is 39.6. The molecule has 0 saturated carbocycles. The Morgan fingerprint density at radius 2 is 1.84 bits per heavy atom. The molecule has 0 aromatic heterocycles. The lowest BCUT2D eigenvalue weighted by Crippen LogP contribution is -2.38. The Kier molecular flexibility index (Phi) is 4.32. The molecule has 1 aliphatic rings. The molecule has 0 aliphatic heterocycles. The molecule has 0 bridgehead atoms. The van der Waals surface area contributed by atoms with Crippen LogP contribution < -0.4 is 4.90 Å². The van der Waals surface area contributed by atoms with Gasteiger partial charge in [0.05, 0.1) is 17.3 Å². The van der Waals surface area contributed by atoms with E-state index in [1.54, 1.807) is 6.07 Å². The molecule has 2 aromatic carbocycles. The van der Waals surface area contributed by atoms with E-state index in [0.717, 1.165) is 5.56 Å². The Labute approximate surface area is 142 Å². The average Bonchev–Trinajstić information content (AvgIpc) is 2.62. The minimum atomic E-state index is -5.01. The topological polar surface area (TPSA) is 44.1 Å². The number of allylic oxidation sites excluding steroid dienone is 1. The quantitative estimate of drug-likeness (QED) is 0.791. The molecule has 0 N–H and O–H groups in total. The number of fused-ring (bicyclic) bond motifs is 1. The van der Waals surface area contributed by atoms with Crippen molar-refractivity contribution in [3.8, 4) is 6.07 Å². The molecule has 126 valence electrons. The summed E-state index contributed by atoms with van der Waals surface area (Å²) in [6, 6.07) is 12.3. The highest BCUT2D eigenvalue weighted by molar-refractivity contribution is 6.04. The van der Waals surface area contributed by atoms with Crippen LogP contribution in [-0.2, 0) is 11.2 Å². The molecule has 1 aliphatic carbocycles. The molecule has 0 heterocycles. The molecule has 0 radical (unpaired) electrons. The lowest BCUT2D eigenvalue weighted by atomic mass is 9.95. The Hall–Kier alpha value is -3.07. The van der Waals surface area contributed by atoms with E-state index in [1.165, 1.54) is 30.3 Å².